The summed E-state index contributed by atoms with van der Waals surface area (Å²) >= 11 is 3.10. The quantitative estimate of drug-likeness (QED) is 0.614. The van der Waals surface area contributed by atoms with Crippen molar-refractivity contribution in [2.45, 2.75) is 18.9 Å². The molecule has 0 aromatic carbocycles. The van der Waals surface area contributed by atoms with E-state index in [2.05, 4.69) is 15.9 Å². The predicted octanol–water partition coefficient (Wildman–Crippen LogP) is 1.13. The highest BCUT2D eigenvalue weighted by molar-refractivity contribution is 9.09. The molecule has 0 bridgehead atoms. The number of halogens is 1. The van der Waals surface area contributed by atoms with E-state index in [1.54, 1.807) is 0 Å². The Balaban J connectivity index is 2.32. The lowest BCUT2D eigenvalue weighted by molar-refractivity contribution is -0.125. The molecule has 0 unspecified atom stereocenters. The van der Waals surface area contributed by atoms with E-state index in [9.17, 15) is 4.79 Å². The van der Waals surface area contributed by atoms with Gasteiger partial charge in [-0.2, -0.15) is 0 Å². The van der Waals surface area contributed by atoms with Crippen LogP contribution in [-0.4, -0.2) is 23.8 Å². The van der Waals surface area contributed by atoms with Gasteiger partial charge < -0.3 is 4.74 Å². The first-order valence-electron chi connectivity index (χ1n) is 3.05. The third-order valence-corrected chi connectivity index (χ3v) is 1.97. The van der Waals surface area contributed by atoms with E-state index < -0.39 is 0 Å². The van der Waals surface area contributed by atoms with Crippen molar-refractivity contribution in [1.82, 2.24) is 0 Å². The van der Waals surface area contributed by atoms with Gasteiger partial charge in [-0.25, -0.2) is 0 Å². The molecule has 1 aliphatic rings. The fourth-order valence-corrected chi connectivity index (χ4v) is 1.28. The second-order valence-corrected chi connectivity index (χ2v) is 2.66. The zero-order valence-corrected chi connectivity index (χ0v) is 6.69. The average Bonchev–Trinajstić information content (AvgIpc) is 2.37. The van der Waals surface area contributed by atoms with Crippen LogP contribution in [0, 0.1) is 0 Å². The maximum absolute atomic E-state index is 10.8. The molecule has 0 spiro atoms. The Labute approximate surface area is 62.7 Å². The minimum Gasteiger partial charge on any atom is -0.370 e. The molecule has 9 heavy (non-hydrogen) atoms. The van der Waals surface area contributed by atoms with Crippen molar-refractivity contribution in [3.8, 4) is 0 Å². The van der Waals surface area contributed by atoms with Gasteiger partial charge in [0, 0.05) is 6.61 Å². The summed E-state index contributed by atoms with van der Waals surface area (Å²) in [7, 11) is 0. The number of ether oxygens (including phenoxy) is 1. The number of hydrogen-bond acceptors (Lipinski definition) is 2. The molecule has 0 radical (unpaired) electrons. The van der Waals surface area contributed by atoms with Gasteiger partial charge in [-0.15, -0.1) is 0 Å². The fourth-order valence-electron chi connectivity index (χ4n) is 0.918. The van der Waals surface area contributed by atoms with Crippen LogP contribution in [0.4, 0.5) is 0 Å². The molecular formula is C6H9BrO2. The van der Waals surface area contributed by atoms with Gasteiger partial charge in [0.05, 0.1) is 5.33 Å². The molecule has 0 N–H and O–H groups in total. The van der Waals surface area contributed by atoms with Crippen molar-refractivity contribution in [3.63, 3.8) is 0 Å². The number of hydrogen-bond donors (Lipinski definition) is 0. The zero-order chi connectivity index (χ0) is 6.69. The topological polar surface area (TPSA) is 26.3 Å². The summed E-state index contributed by atoms with van der Waals surface area (Å²) in [6, 6.07) is 0. The molecular weight excluding hydrogens is 184 g/mol. The van der Waals surface area contributed by atoms with E-state index in [1.165, 1.54) is 0 Å². The van der Waals surface area contributed by atoms with Crippen LogP contribution in [0.2, 0.25) is 0 Å². The Morgan fingerprint density at radius 1 is 1.78 bits per heavy atom. The second kappa shape index (κ2) is 3.32. The molecule has 0 amide bonds. The normalized spacial score (nSPS) is 26.6. The van der Waals surface area contributed by atoms with Gasteiger partial charge in [-0.1, -0.05) is 15.9 Å². The Hall–Kier alpha value is 0.110. The van der Waals surface area contributed by atoms with Gasteiger partial charge in [0.15, 0.2) is 5.78 Å². The van der Waals surface area contributed by atoms with E-state index in [4.69, 9.17) is 4.74 Å². The number of alkyl halides is 1. The van der Waals surface area contributed by atoms with E-state index in [-0.39, 0.29) is 11.9 Å². The standard InChI is InChI=1S/C6H9BrO2/c7-4-5(8)6-2-1-3-9-6/h6H,1-4H2/t6-/m1/s1. The summed E-state index contributed by atoms with van der Waals surface area (Å²) in [5, 5.41) is 0.428. The SMILES string of the molecule is O=C(CBr)[C@H]1CCCO1. The Morgan fingerprint density at radius 3 is 3.00 bits per heavy atom. The third-order valence-electron chi connectivity index (χ3n) is 1.42. The van der Waals surface area contributed by atoms with Crippen molar-refractivity contribution < 1.29 is 9.53 Å². The minimum absolute atomic E-state index is 0.107. The molecule has 1 heterocycles. The summed E-state index contributed by atoms with van der Waals surface area (Å²) in [6.07, 6.45) is 1.83. The van der Waals surface area contributed by atoms with E-state index in [1.807, 2.05) is 0 Å². The van der Waals surface area contributed by atoms with Crippen molar-refractivity contribution in [1.29, 1.82) is 0 Å². The monoisotopic (exact) mass is 192 g/mol. The van der Waals surface area contributed by atoms with Crippen LogP contribution in [0.15, 0.2) is 0 Å². The van der Waals surface area contributed by atoms with Crippen LogP contribution < -0.4 is 0 Å². The lowest BCUT2D eigenvalue weighted by Gasteiger charge is -2.03. The van der Waals surface area contributed by atoms with Crippen LogP contribution in [0.5, 0.6) is 0 Å². The molecule has 1 rings (SSSR count). The molecule has 0 aliphatic carbocycles. The lowest BCUT2D eigenvalue weighted by atomic mass is 10.2. The first kappa shape index (κ1) is 7.22. The van der Waals surface area contributed by atoms with Crippen molar-refractivity contribution in [3.05, 3.63) is 0 Å². The van der Waals surface area contributed by atoms with Crippen molar-refractivity contribution in [2.24, 2.45) is 0 Å². The number of carbonyl (C=O) groups is 1. The highest BCUT2D eigenvalue weighted by Gasteiger charge is 2.21. The first-order valence-corrected chi connectivity index (χ1v) is 4.17. The molecule has 52 valence electrons. The Morgan fingerprint density at radius 2 is 2.56 bits per heavy atom. The van der Waals surface area contributed by atoms with Crippen molar-refractivity contribution >= 4 is 21.7 Å². The molecule has 1 fully saturated rings. The van der Waals surface area contributed by atoms with Crippen LogP contribution in [0.25, 0.3) is 0 Å². The molecule has 3 heteroatoms. The number of rotatable bonds is 2. The molecule has 1 saturated heterocycles. The summed E-state index contributed by atoms with van der Waals surface area (Å²) < 4.78 is 5.13. The number of Topliss-reactive ketones (excluding diaryl/α,β-unsaturated/α-hetero) is 1. The summed E-state index contributed by atoms with van der Waals surface area (Å²) in [4.78, 5) is 10.8. The van der Waals surface area contributed by atoms with E-state index >= 15 is 0 Å². The molecule has 0 aromatic heterocycles. The van der Waals surface area contributed by atoms with Gasteiger partial charge in [-0.3, -0.25) is 4.79 Å². The fraction of sp³-hybridized carbons (Fsp3) is 0.833. The minimum atomic E-state index is -0.107. The van der Waals surface area contributed by atoms with Crippen LogP contribution >= 0.6 is 15.9 Å². The zero-order valence-electron chi connectivity index (χ0n) is 5.10. The van der Waals surface area contributed by atoms with Gasteiger partial charge >= 0.3 is 0 Å². The largest absolute Gasteiger partial charge is 0.370 e. The van der Waals surface area contributed by atoms with E-state index in [0.29, 0.717) is 5.33 Å². The van der Waals surface area contributed by atoms with E-state index in [0.717, 1.165) is 19.4 Å². The van der Waals surface area contributed by atoms with Gasteiger partial charge in [-0.05, 0) is 12.8 Å². The maximum atomic E-state index is 10.8. The Bertz CT molecular complexity index is 108. The first-order chi connectivity index (χ1) is 4.34. The van der Waals surface area contributed by atoms with Crippen LogP contribution in [0.3, 0.4) is 0 Å². The molecule has 0 aromatic rings. The van der Waals surface area contributed by atoms with Gasteiger partial charge in [0.1, 0.15) is 6.10 Å². The Kier molecular flexibility index (Phi) is 2.66. The molecule has 1 aliphatic heterocycles. The molecule has 0 saturated carbocycles. The highest BCUT2D eigenvalue weighted by Crippen LogP contribution is 2.13. The summed E-state index contributed by atoms with van der Waals surface area (Å²) in [6.45, 7) is 0.753. The second-order valence-electron chi connectivity index (χ2n) is 2.10. The summed E-state index contributed by atoms with van der Waals surface area (Å²) in [5.41, 5.74) is 0. The van der Waals surface area contributed by atoms with Gasteiger partial charge in [0.2, 0.25) is 0 Å². The number of carbonyl (C=O) groups excluding carboxylic acids is 1. The number of ketones is 1. The van der Waals surface area contributed by atoms with Crippen LogP contribution in [-0.2, 0) is 9.53 Å². The third kappa shape index (κ3) is 1.76. The average molecular weight is 193 g/mol. The van der Waals surface area contributed by atoms with Crippen molar-refractivity contribution in [2.75, 3.05) is 11.9 Å². The summed E-state index contributed by atoms with van der Waals surface area (Å²) in [5.74, 6) is 0.174. The van der Waals surface area contributed by atoms with Crippen LogP contribution in [0.1, 0.15) is 12.8 Å². The van der Waals surface area contributed by atoms with Gasteiger partial charge in [0.25, 0.3) is 0 Å². The lowest BCUT2D eigenvalue weighted by Crippen LogP contribution is -2.19. The smallest absolute Gasteiger partial charge is 0.172 e. The maximum Gasteiger partial charge on any atom is 0.172 e. The predicted molar refractivity (Wildman–Crippen MR) is 37.8 cm³/mol. The molecule has 2 nitrogen and oxygen atoms in total. The molecule has 1 atom stereocenters. The highest BCUT2D eigenvalue weighted by atomic mass is 79.9.